The number of rotatable bonds is 4. The lowest BCUT2D eigenvalue weighted by Crippen LogP contribution is -2.45. The fourth-order valence-corrected chi connectivity index (χ4v) is 3.14. The Morgan fingerprint density at radius 1 is 1.07 bits per heavy atom. The molecule has 1 aromatic heterocycles. The van der Waals surface area contributed by atoms with Gasteiger partial charge in [0, 0.05) is 28.8 Å². The highest BCUT2D eigenvalue weighted by atomic mass is 32.1. The number of carbonyl (C=O) groups excluding carboxylic acids is 1. The van der Waals surface area contributed by atoms with E-state index in [2.05, 4.69) is 26.5 Å². The van der Waals surface area contributed by atoms with Gasteiger partial charge in [-0.3, -0.25) is 20.9 Å². The summed E-state index contributed by atoms with van der Waals surface area (Å²) in [6.45, 7) is 1.98. The second-order valence-corrected chi connectivity index (χ2v) is 7.13. The molecule has 0 radical (unpaired) electrons. The summed E-state index contributed by atoms with van der Waals surface area (Å²) >= 11 is 6.35. The predicted octanol–water partition coefficient (Wildman–Crippen LogP) is 4.05. The number of carbonyl (C=O) groups is 1. The summed E-state index contributed by atoms with van der Waals surface area (Å²) < 4.78 is 0. The number of amides is 2. The second kappa shape index (κ2) is 9.08. The molecule has 0 fully saturated rings. The van der Waals surface area contributed by atoms with Gasteiger partial charge in [-0.25, -0.2) is 15.2 Å². The SMILES string of the molecule is Cc1ccc(NC(=S)NNC(=O)Nc2nc(-c3ccc([N+](=O)[O-])cc3)cs2)cc1. The minimum Gasteiger partial charge on any atom is -0.331 e. The van der Waals surface area contributed by atoms with Crippen molar-refractivity contribution in [3.8, 4) is 11.3 Å². The third-order valence-electron chi connectivity index (χ3n) is 3.70. The highest BCUT2D eigenvalue weighted by Gasteiger charge is 2.10. The molecule has 2 amide bonds. The van der Waals surface area contributed by atoms with Crippen LogP contribution >= 0.6 is 23.6 Å². The molecule has 0 bridgehead atoms. The number of aromatic nitrogens is 1. The van der Waals surface area contributed by atoms with E-state index in [1.165, 1.54) is 23.5 Å². The van der Waals surface area contributed by atoms with Gasteiger partial charge in [0.2, 0.25) is 0 Å². The molecule has 0 saturated heterocycles. The number of nitro benzene ring substituents is 1. The molecule has 0 spiro atoms. The van der Waals surface area contributed by atoms with E-state index >= 15 is 0 Å². The first-order valence-electron chi connectivity index (χ1n) is 8.32. The van der Waals surface area contributed by atoms with Crippen molar-refractivity contribution in [1.29, 1.82) is 0 Å². The molecule has 9 nitrogen and oxygen atoms in total. The molecule has 2 aromatic carbocycles. The van der Waals surface area contributed by atoms with Crippen LogP contribution in [0.5, 0.6) is 0 Å². The van der Waals surface area contributed by atoms with Crippen molar-refractivity contribution < 1.29 is 9.72 Å². The smallest absolute Gasteiger partial charge is 0.331 e. The van der Waals surface area contributed by atoms with Crippen LogP contribution in [0.1, 0.15) is 5.56 Å². The first-order valence-corrected chi connectivity index (χ1v) is 9.60. The van der Waals surface area contributed by atoms with Crippen LogP contribution in [-0.2, 0) is 0 Å². The van der Waals surface area contributed by atoms with Crippen LogP contribution in [0.25, 0.3) is 11.3 Å². The van der Waals surface area contributed by atoms with Gasteiger partial charge in [0.05, 0.1) is 10.6 Å². The average molecular weight is 428 g/mol. The molecule has 0 aliphatic heterocycles. The van der Waals surface area contributed by atoms with Crippen LogP contribution in [0.15, 0.2) is 53.9 Å². The number of thiocarbonyl (C=S) groups is 1. The number of benzene rings is 2. The number of hydrogen-bond donors (Lipinski definition) is 4. The molecule has 0 aliphatic carbocycles. The van der Waals surface area contributed by atoms with Gasteiger partial charge >= 0.3 is 6.03 Å². The largest absolute Gasteiger partial charge is 0.339 e. The molecular weight excluding hydrogens is 412 g/mol. The Morgan fingerprint density at radius 3 is 2.41 bits per heavy atom. The molecule has 3 rings (SSSR count). The third-order valence-corrected chi connectivity index (χ3v) is 4.66. The number of hydrogen-bond acceptors (Lipinski definition) is 6. The van der Waals surface area contributed by atoms with Crippen molar-refractivity contribution in [2.24, 2.45) is 0 Å². The zero-order valence-electron chi connectivity index (χ0n) is 15.1. The highest BCUT2D eigenvalue weighted by Crippen LogP contribution is 2.26. The molecule has 0 saturated carbocycles. The van der Waals surface area contributed by atoms with Gasteiger partial charge in [-0.2, -0.15) is 0 Å². The monoisotopic (exact) mass is 428 g/mol. The molecule has 1 heterocycles. The molecule has 0 unspecified atom stereocenters. The first kappa shape index (κ1) is 20.2. The number of nitrogens with zero attached hydrogens (tertiary/aromatic N) is 2. The van der Waals surface area contributed by atoms with E-state index in [1.807, 2.05) is 31.2 Å². The number of non-ortho nitro benzene ring substituents is 1. The van der Waals surface area contributed by atoms with E-state index in [1.54, 1.807) is 17.5 Å². The molecular formula is C18H16N6O3S2. The van der Waals surface area contributed by atoms with Crippen LogP contribution in [0.2, 0.25) is 0 Å². The van der Waals surface area contributed by atoms with Gasteiger partial charge in [0.25, 0.3) is 5.69 Å². The molecule has 11 heteroatoms. The Kier molecular flexibility index (Phi) is 6.32. The molecule has 148 valence electrons. The van der Waals surface area contributed by atoms with Crippen molar-refractivity contribution in [3.05, 3.63) is 69.6 Å². The maximum Gasteiger partial charge on any atom is 0.339 e. The average Bonchev–Trinajstić information content (AvgIpc) is 3.16. The lowest BCUT2D eigenvalue weighted by atomic mass is 10.1. The number of urea groups is 1. The Balaban J connectivity index is 1.50. The van der Waals surface area contributed by atoms with Gasteiger partial charge in [-0.05, 0) is 43.4 Å². The fourth-order valence-electron chi connectivity index (χ4n) is 2.26. The first-order chi connectivity index (χ1) is 13.9. The van der Waals surface area contributed by atoms with Crippen molar-refractivity contribution in [2.75, 3.05) is 10.6 Å². The summed E-state index contributed by atoms with van der Waals surface area (Å²) in [6.07, 6.45) is 0. The van der Waals surface area contributed by atoms with E-state index in [9.17, 15) is 14.9 Å². The van der Waals surface area contributed by atoms with Gasteiger partial charge in [0.1, 0.15) is 0 Å². The zero-order valence-corrected chi connectivity index (χ0v) is 16.8. The predicted molar refractivity (Wildman–Crippen MR) is 117 cm³/mol. The quantitative estimate of drug-likeness (QED) is 0.281. The minimum absolute atomic E-state index is 0.00277. The van der Waals surface area contributed by atoms with Crippen molar-refractivity contribution in [1.82, 2.24) is 15.8 Å². The topological polar surface area (TPSA) is 121 Å². The van der Waals surface area contributed by atoms with Crippen molar-refractivity contribution in [2.45, 2.75) is 6.92 Å². The van der Waals surface area contributed by atoms with Crippen LogP contribution in [0, 0.1) is 17.0 Å². The van der Waals surface area contributed by atoms with Gasteiger partial charge < -0.3 is 5.32 Å². The Morgan fingerprint density at radius 2 is 1.76 bits per heavy atom. The lowest BCUT2D eigenvalue weighted by molar-refractivity contribution is -0.384. The zero-order chi connectivity index (χ0) is 20.8. The van der Waals surface area contributed by atoms with Crippen LogP contribution in [-0.4, -0.2) is 21.1 Å². The second-order valence-electron chi connectivity index (χ2n) is 5.87. The molecule has 0 atom stereocenters. The van der Waals surface area contributed by atoms with Crippen molar-refractivity contribution >= 4 is 51.2 Å². The van der Waals surface area contributed by atoms with Crippen LogP contribution in [0.4, 0.5) is 21.3 Å². The van der Waals surface area contributed by atoms with E-state index in [-0.39, 0.29) is 10.8 Å². The standard InChI is InChI=1S/C18H16N6O3S2/c1-11-2-6-13(7-3-11)19-17(28)23-22-16(25)21-18-20-15(10-29-18)12-4-8-14(9-5-12)24(26)27/h2-10H,1H3,(H2,19,23,28)(H2,20,21,22,25). The Labute approximate surface area is 175 Å². The third kappa shape index (κ3) is 5.70. The van der Waals surface area contributed by atoms with Gasteiger partial charge in [0.15, 0.2) is 10.2 Å². The van der Waals surface area contributed by atoms with Crippen LogP contribution < -0.4 is 21.5 Å². The summed E-state index contributed by atoms with van der Waals surface area (Å²) in [5, 5.41) is 18.6. The molecule has 0 aliphatic rings. The Bertz CT molecular complexity index is 1030. The number of anilines is 2. The number of aryl methyl sites for hydroxylation is 1. The number of thiazole rings is 1. The molecule has 4 N–H and O–H groups in total. The molecule has 3 aromatic rings. The molecule has 29 heavy (non-hydrogen) atoms. The van der Waals surface area contributed by atoms with Crippen molar-refractivity contribution in [3.63, 3.8) is 0 Å². The minimum atomic E-state index is -0.539. The van der Waals surface area contributed by atoms with Crippen LogP contribution in [0.3, 0.4) is 0 Å². The highest BCUT2D eigenvalue weighted by molar-refractivity contribution is 7.80. The number of hydrazine groups is 1. The van der Waals surface area contributed by atoms with Gasteiger partial charge in [-0.15, -0.1) is 11.3 Å². The summed E-state index contributed by atoms with van der Waals surface area (Å²) in [7, 11) is 0. The summed E-state index contributed by atoms with van der Waals surface area (Å²) in [5.74, 6) is 0. The number of nitro groups is 1. The summed E-state index contributed by atoms with van der Waals surface area (Å²) in [6, 6.07) is 13.1. The van der Waals surface area contributed by atoms with E-state index in [0.29, 0.717) is 16.4 Å². The maximum atomic E-state index is 12.0. The summed E-state index contributed by atoms with van der Waals surface area (Å²) in [5.41, 5.74) is 8.25. The lowest BCUT2D eigenvalue weighted by Gasteiger charge is -2.11. The normalized spacial score (nSPS) is 10.1. The van der Waals surface area contributed by atoms with Gasteiger partial charge in [-0.1, -0.05) is 17.7 Å². The maximum absolute atomic E-state index is 12.0. The summed E-state index contributed by atoms with van der Waals surface area (Å²) in [4.78, 5) is 26.5. The van der Waals surface area contributed by atoms with E-state index < -0.39 is 11.0 Å². The van der Waals surface area contributed by atoms with E-state index in [4.69, 9.17) is 12.2 Å². The number of nitrogens with one attached hydrogen (secondary N) is 4. The fraction of sp³-hybridized carbons (Fsp3) is 0.0556. The van der Waals surface area contributed by atoms with E-state index in [0.717, 1.165) is 11.3 Å². The Hall–Kier alpha value is -3.57.